The van der Waals surface area contributed by atoms with Gasteiger partial charge >= 0.3 is 0 Å². The molecule has 1 atom stereocenters. The summed E-state index contributed by atoms with van der Waals surface area (Å²) >= 11 is 0. The molecule has 1 aliphatic rings. The topological polar surface area (TPSA) is 113 Å². The first kappa shape index (κ1) is 19.6. The molecule has 4 aromatic rings. The number of aromatic nitrogens is 4. The molecule has 9 heteroatoms. The molecule has 5 rings (SSSR count). The van der Waals surface area contributed by atoms with E-state index in [1.54, 1.807) is 72.9 Å². The molecule has 160 valence electrons. The van der Waals surface area contributed by atoms with E-state index in [9.17, 15) is 14.7 Å². The fourth-order valence-corrected chi connectivity index (χ4v) is 3.93. The predicted molar refractivity (Wildman–Crippen MR) is 116 cm³/mol. The van der Waals surface area contributed by atoms with E-state index in [2.05, 4.69) is 15.1 Å². The van der Waals surface area contributed by atoms with Gasteiger partial charge in [-0.3, -0.25) is 19.2 Å². The van der Waals surface area contributed by atoms with Crippen molar-refractivity contribution in [2.24, 2.45) is 7.05 Å². The molecule has 3 heterocycles. The smallest absolute Gasteiger partial charge is 0.294 e. The van der Waals surface area contributed by atoms with Gasteiger partial charge in [-0.15, -0.1) is 0 Å². The van der Waals surface area contributed by atoms with Gasteiger partial charge in [0.15, 0.2) is 17.3 Å². The number of aliphatic hydroxyl groups is 1. The van der Waals surface area contributed by atoms with Gasteiger partial charge in [-0.25, -0.2) is 4.98 Å². The van der Waals surface area contributed by atoms with Gasteiger partial charge in [0.2, 0.25) is 0 Å². The van der Waals surface area contributed by atoms with Crippen LogP contribution in [0, 0.1) is 0 Å². The minimum atomic E-state index is -0.771. The van der Waals surface area contributed by atoms with Crippen molar-refractivity contribution in [3.63, 3.8) is 0 Å². The van der Waals surface area contributed by atoms with Gasteiger partial charge in [-0.1, -0.05) is 12.1 Å². The molecule has 0 bridgehead atoms. The van der Waals surface area contributed by atoms with Crippen molar-refractivity contribution in [2.45, 2.75) is 13.0 Å². The van der Waals surface area contributed by atoms with E-state index in [-0.39, 0.29) is 11.4 Å². The SMILES string of the molecule is CC(=O)C1=C(O)C(=O)N(c2ccc3nc[nH]c3c2)C1c1ccc(Oc2cnn(C)c2)cc1. The highest BCUT2D eigenvalue weighted by molar-refractivity contribution is 6.16. The molecule has 9 nitrogen and oxygen atoms in total. The number of Topliss-reactive ketones (excluding diaryl/α,β-unsaturated/α-hetero) is 1. The highest BCUT2D eigenvalue weighted by Crippen LogP contribution is 2.41. The molecule has 2 aromatic heterocycles. The van der Waals surface area contributed by atoms with Crippen LogP contribution in [0.25, 0.3) is 11.0 Å². The van der Waals surface area contributed by atoms with E-state index in [1.165, 1.54) is 11.8 Å². The number of nitrogens with zero attached hydrogens (tertiary/aromatic N) is 4. The Balaban J connectivity index is 1.54. The number of fused-ring (bicyclic) bond motifs is 1. The van der Waals surface area contributed by atoms with Crippen molar-refractivity contribution in [3.8, 4) is 11.5 Å². The van der Waals surface area contributed by atoms with Gasteiger partial charge in [0.1, 0.15) is 5.75 Å². The highest BCUT2D eigenvalue weighted by Gasteiger charge is 2.43. The van der Waals surface area contributed by atoms with Crippen LogP contribution in [0.15, 0.2) is 72.5 Å². The Morgan fingerprint density at radius 2 is 1.94 bits per heavy atom. The molecule has 1 amide bonds. The largest absolute Gasteiger partial charge is 0.503 e. The molecule has 0 saturated heterocycles. The zero-order chi connectivity index (χ0) is 22.4. The summed E-state index contributed by atoms with van der Waals surface area (Å²) in [4.78, 5) is 34.0. The molecule has 0 radical (unpaired) electrons. The van der Waals surface area contributed by atoms with E-state index in [0.29, 0.717) is 22.7 Å². The van der Waals surface area contributed by atoms with E-state index in [1.807, 2.05) is 0 Å². The van der Waals surface area contributed by atoms with E-state index in [4.69, 9.17) is 4.74 Å². The van der Waals surface area contributed by atoms with Crippen molar-refractivity contribution >= 4 is 28.4 Å². The number of nitrogens with one attached hydrogen (secondary N) is 1. The molecule has 0 fully saturated rings. The third-order valence-electron chi connectivity index (χ3n) is 5.38. The lowest BCUT2D eigenvalue weighted by Crippen LogP contribution is -2.30. The molecule has 0 spiro atoms. The minimum absolute atomic E-state index is 0.0561. The Hall–Kier alpha value is -4.40. The maximum Gasteiger partial charge on any atom is 0.294 e. The second-order valence-corrected chi connectivity index (χ2v) is 7.52. The average Bonchev–Trinajstić information content (AvgIpc) is 3.47. The second kappa shape index (κ2) is 7.38. The average molecular weight is 429 g/mol. The number of carbonyl (C=O) groups excluding carboxylic acids is 2. The number of hydrogen-bond acceptors (Lipinski definition) is 6. The molecule has 2 N–H and O–H groups in total. The molecular formula is C23H19N5O4. The van der Waals surface area contributed by atoms with E-state index >= 15 is 0 Å². The number of aromatic amines is 1. The van der Waals surface area contributed by atoms with Gasteiger partial charge < -0.3 is 14.8 Å². The Bertz CT molecular complexity index is 1380. The van der Waals surface area contributed by atoms with Gasteiger partial charge in [-0.05, 0) is 42.8 Å². The Labute approximate surface area is 182 Å². The van der Waals surface area contributed by atoms with E-state index in [0.717, 1.165) is 11.0 Å². The number of ether oxygens (including phenoxy) is 1. The van der Waals surface area contributed by atoms with Crippen LogP contribution in [0.3, 0.4) is 0 Å². The lowest BCUT2D eigenvalue weighted by Gasteiger charge is -2.26. The summed E-state index contributed by atoms with van der Waals surface area (Å²) < 4.78 is 7.41. The fourth-order valence-electron chi connectivity index (χ4n) is 3.93. The van der Waals surface area contributed by atoms with E-state index < -0.39 is 17.7 Å². The van der Waals surface area contributed by atoms with Crippen LogP contribution in [0.2, 0.25) is 0 Å². The van der Waals surface area contributed by atoms with Crippen LogP contribution in [0.4, 0.5) is 5.69 Å². The number of anilines is 1. The predicted octanol–water partition coefficient (Wildman–Crippen LogP) is 3.58. The second-order valence-electron chi connectivity index (χ2n) is 7.52. The van der Waals surface area contributed by atoms with Crippen LogP contribution in [0.1, 0.15) is 18.5 Å². The molecule has 2 aromatic carbocycles. The lowest BCUT2D eigenvalue weighted by atomic mass is 9.96. The monoisotopic (exact) mass is 429 g/mol. The number of imidazole rings is 1. The molecule has 0 saturated carbocycles. The maximum atomic E-state index is 13.0. The number of aryl methyl sites for hydroxylation is 1. The third kappa shape index (κ3) is 3.20. The van der Waals surface area contributed by atoms with Crippen LogP contribution < -0.4 is 9.64 Å². The molecule has 0 aliphatic carbocycles. The van der Waals surface area contributed by atoms with Crippen molar-refractivity contribution in [3.05, 3.63) is 78.1 Å². The number of hydrogen-bond donors (Lipinski definition) is 2. The summed E-state index contributed by atoms with van der Waals surface area (Å²) in [5.74, 6) is -0.374. The number of rotatable bonds is 5. The van der Waals surface area contributed by atoms with Crippen LogP contribution >= 0.6 is 0 Å². The first-order valence-electron chi connectivity index (χ1n) is 9.89. The van der Waals surface area contributed by atoms with Gasteiger partial charge in [-0.2, -0.15) is 5.10 Å². The van der Waals surface area contributed by atoms with Crippen molar-refractivity contribution in [2.75, 3.05) is 4.90 Å². The Morgan fingerprint density at radius 1 is 1.16 bits per heavy atom. The van der Waals surface area contributed by atoms with Crippen molar-refractivity contribution < 1.29 is 19.4 Å². The summed E-state index contributed by atoms with van der Waals surface area (Å²) in [6.45, 7) is 1.34. The first-order chi connectivity index (χ1) is 15.4. The summed E-state index contributed by atoms with van der Waals surface area (Å²) in [6, 6.07) is 11.5. The summed E-state index contributed by atoms with van der Waals surface area (Å²) in [5.41, 5.74) is 2.74. The molecule has 32 heavy (non-hydrogen) atoms. The Morgan fingerprint density at radius 3 is 2.62 bits per heavy atom. The molecule has 1 aliphatic heterocycles. The van der Waals surface area contributed by atoms with Crippen LogP contribution in [0.5, 0.6) is 11.5 Å². The van der Waals surface area contributed by atoms with Crippen LogP contribution in [-0.4, -0.2) is 36.5 Å². The van der Waals surface area contributed by atoms with Crippen molar-refractivity contribution in [1.29, 1.82) is 0 Å². The first-order valence-corrected chi connectivity index (χ1v) is 9.89. The number of carbonyl (C=O) groups is 2. The maximum absolute atomic E-state index is 13.0. The van der Waals surface area contributed by atoms with Gasteiger partial charge in [0.05, 0.1) is 41.4 Å². The summed E-state index contributed by atoms with van der Waals surface area (Å²) in [6.07, 6.45) is 4.91. The normalized spacial score (nSPS) is 16.2. The zero-order valence-corrected chi connectivity index (χ0v) is 17.3. The highest BCUT2D eigenvalue weighted by atomic mass is 16.5. The lowest BCUT2D eigenvalue weighted by molar-refractivity contribution is -0.117. The number of amides is 1. The minimum Gasteiger partial charge on any atom is -0.503 e. The van der Waals surface area contributed by atoms with Gasteiger partial charge in [0, 0.05) is 12.7 Å². The summed E-state index contributed by atoms with van der Waals surface area (Å²) in [5, 5.41) is 14.6. The quantitative estimate of drug-likeness (QED) is 0.501. The Kier molecular flexibility index (Phi) is 4.51. The molecular weight excluding hydrogens is 410 g/mol. The standard InChI is InChI=1S/C23H19N5O4/c1-13(29)20-21(14-3-6-16(7-4-14)32-17-10-26-27(2)11-17)28(23(31)22(20)30)15-5-8-18-19(9-15)25-12-24-18/h3-12,21,30H,1-2H3,(H,24,25). The number of benzene rings is 2. The van der Waals surface area contributed by atoms with Crippen LogP contribution in [-0.2, 0) is 16.6 Å². The van der Waals surface area contributed by atoms with Gasteiger partial charge in [0.25, 0.3) is 5.91 Å². The number of aliphatic hydroxyl groups excluding tert-OH is 1. The number of ketones is 1. The summed E-state index contributed by atoms with van der Waals surface area (Å²) in [7, 11) is 1.80. The third-order valence-corrected chi connectivity index (χ3v) is 5.38. The molecule has 1 unspecified atom stereocenters. The number of H-pyrrole nitrogens is 1. The zero-order valence-electron chi connectivity index (χ0n) is 17.3. The van der Waals surface area contributed by atoms with Crippen molar-refractivity contribution in [1.82, 2.24) is 19.7 Å². The fraction of sp³-hybridized carbons (Fsp3) is 0.130.